The van der Waals surface area contributed by atoms with Crippen molar-refractivity contribution in [3.05, 3.63) is 23.4 Å². The Labute approximate surface area is 175 Å². The van der Waals surface area contributed by atoms with Crippen molar-refractivity contribution < 1.29 is 18.7 Å². The van der Waals surface area contributed by atoms with Crippen LogP contribution in [0.25, 0.3) is 10.9 Å². The standard InChI is InChI=1S/C22H30F2N4O2/c1-4-16-17(21(29)30)10-19-18(11-25-26(19)3)20(16)28(5-2)15-8-6-14(7-9-15)27-12-22(23,24)13-27/h10-11,14-15H,4-9,12-13H2,1-3H3,(H,29,30). The summed E-state index contributed by atoms with van der Waals surface area (Å²) < 4.78 is 28.2. The Balaban J connectivity index is 1.64. The molecule has 30 heavy (non-hydrogen) atoms. The summed E-state index contributed by atoms with van der Waals surface area (Å²) in [7, 11) is 1.83. The summed E-state index contributed by atoms with van der Waals surface area (Å²) in [4.78, 5) is 16.2. The first kappa shape index (κ1) is 21.0. The number of fused-ring (bicyclic) bond motifs is 1. The molecule has 1 N–H and O–H groups in total. The summed E-state index contributed by atoms with van der Waals surface area (Å²) >= 11 is 0. The third kappa shape index (κ3) is 3.55. The molecule has 1 aliphatic carbocycles. The predicted molar refractivity (Wildman–Crippen MR) is 113 cm³/mol. The van der Waals surface area contributed by atoms with Crippen molar-refractivity contribution in [3.8, 4) is 0 Å². The SMILES string of the molecule is CCc1c(C(=O)O)cc2c(cnn2C)c1N(CC)C1CCC(N2CC(F)(F)C2)CC1. The van der Waals surface area contributed by atoms with Crippen LogP contribution in [0.1, 0.15) is 55.5 Å². The molecule has 1 saturated carbocycles. The van der Waals surface area contributed by atoms with Crippen LogP contribution in [0.5, 0.6) is 0 Å². The quantitative estimate of drug-likeness (QED) is 0.768. The van der Waals surface area contributed by atoms with Gasteiger partial charge in [-0.3, -0.25) is 9.58 Å². The highest BCUT2D eigenvalue weighted by atomic mass is 19.3. The lowest BCUT2D eigenvalue weighted by Crippen LogP contribution is -2.61. The Morgan fingerprint density at radius 2 is 1.93 bits per heavy atom. The largest absolute Gasteiger partial charge is 0.478 e. The molecule has 164 valence electrons. The molecule has 2 aliphatic rings. The molecule has 1 aromatic carbocycles. The number of benzene rings is 1. The molecular weight excluding hydrogens is 390 g/mol. The van der Waals surface area contributed by atoms with Gasteiger partial charge in [-0.05, 0) is 50.7 Å². The number of aromatic carboxylic acids is 1. The van der Waals surface area contributed by atoms with Gasteiger partial charge in [0.05, 0.1) is 36.1 Å². The van der Waals surface area contributed by atoms with E-state index in [0.29, 0.717) is 12.0 Å². The van der Waals surface area contributed by atoms with E-state index in [4.69, 9.17) is 0 Å². The van der Waals surface area contributed by atoms with Gasteiger partial charge in [-0.2, -0.15) is 5.10 Å². The maximum Gasteiger partial charge on any atom is 0.336 e. The van der Waals surface area contributed by atoms with E-state index in [1.807, 2.05) is 25.1 Å². The van der Waals surface area contributed by atoms with Crippen LogP contribution in [0.3, 0.4) is 0 Å². The number of carboxylic acid groups (broad SMARTS) is 1. The number of hydrogen-bond acceptors (Lipinski definition) is 4. The Morgan fingerprint density at radius 1 is 1.27 bits per heavy atom. The first-order chi connectivity index (χ1) is 14.3. The van der Waals surface area contributed by atoms with Crippen molar-refractivity contribution in [1.29, 1.82) is 0 Å². The fourth-order valence-corrected chi connectivity index (χ4v) is 5.33. The third-order valence-electron chi connectivity index (χ3n) is 6.84. The van der Waals surface area contributed by atoms with Crippen molar-refractivity contribution >= 4 is 22.6 Å². The average molecular weight is 421 g/mol. The number of rotatable bonds is 6. The van der Waals surface area contributed by atoms with Gasteiger partial charge in [0.25, 0.3) is 5.92 Å². The summed E-state index contributed by atoms with van der Waals surface area (Å²) in [5.41, 5.74) is 2.96. The molecular formula is C22H30F2N4O2. The summed E-state index contributed by atoms with van der Waals surface area (Å²) in [5.74, 6) is -3.44. The lowest BCUT2D eigenvalue weighted by atomic mass is 9.86. The lowest BCUT2D eigenvalue weighted by molar-refractivity contribution is -0.149. The van der Waals surface area contributed by atoms with E-state index in [-0.39, 0.29) is 25.2 Å². The number of alkyl halides is 2. The number of nitrogens with zero attached hydrogens (tertiary/aromatic N) is 4. The molecule has 2 aromatic rings. The van der Waals surface area contributed by atoms with Crippen molar-refractivity contribution in [2.45, 2.75) is 64.0 Å². The molecule has 1 aliphatic heterocycles. The molecule has 4 rings (SSSR count). The lowest BCUT2D eigenvalue weighted by Gasteiger charge is -2.47. The molecule has 0 amide bonds. The Bertz CT molecular complexity index is 942. The molecule has 2 fully saturated rings. The summed E-state index contributed by atoms with van der Waals surface area (Å²) in [6.45, 7) is 4.62. The number of aryl methyl sites for hydroxylation is 1. The van der Waals surface area contributed by atoms with E-state index >= 15 is 0 Å². The van der Waals surface area contributed by atoms with Crippen LogP contribution in [0, 0.1) is 0 Å². The number of anilines is 1. The van der Waals surface area contributed by atoms with Crippen molar-refractivity contribution in [3.63, 3.8) is 0 Å². The van der Waals surface area contributed by atoms with Crippen molar-refractivity contribution in [1.82, 2.24) is 14.7 Å². The normalized spacial score (nSPS) is 24.0. The first-order valence-electron chi connectivity index (χ1n) is 10.8. The number of carbonyl (C=O) groups is 1. The second-order valence-electron chi connectivity index (χ2n) is 8.62. The minimum Gasteiger partial charge on any atom is -0.478 e. The summed E-state index contributed by atoms with van der Waals surface area (Å²) in [6.07, 6.45) is 6.08. The van der Waals surface area contributed by atoms with E-state index in [1.54, 1.807) is 10.7 Å². The Hall–Kier alpha value is -2.22. The van der Waals surface area contributed by atoms with Crippen LogP contribution < -0.4 is 4.90 Å². The molecule has 1 saturated heterocycles. The van der Waals surface area contributed by atoms with Gasteiger partial charge in [-0.1, -0.05) is 6.92 Å². The van der Waals surface area contributed by atoms with E-state index in [1.165, 1.54) is 0 Å². The minimum atomic E-state index is -2.52. The molecule has 0 spiro atoms. The van der Waals surface area contributed by atoms with Gasteiger partial charge in [0.15, 0.2) is 0 Å². The first-order valence-corrected chi connectivity index (χ1v) is 10.8. The maximum absolute atomic E-state index is 13.3. The molecule has 0 bridgehead atoms. The van der Waals surface area contributed by atoms with Crippen LogP contribution in [0.4, 0.5) is 14.5 Å². The minimum absolute atomic E-state index is 0.114. The second-order valence-corrected chi connectivity index (χ2v) is 8.62. The number of halogens is 2. The third-order valence-corrected chi connectivity index (χ3v) is 6.84. The number of likely N-dealkylation sites (tertiary alicyclic amines) is 1. The highest BCUT2D eigenvalue weighted by Crippen LogP contribution is 2.40. The summed E-state index contributed by atoms with van der Waals surface area (Å²) in [5, 5.41) is 15.2. The molecule has 0 atom stereocenters. The molecule has 0 radical (unpaired) electrons. The van der Waals surface area contributed by atoms with Gasteiger partial charge >= 0.3 is 5.97 Å². The Morgan fingerprint density at radius 3 is 2.47 bits per heavy atom. The van der Waals surface area contributed by atoms with Gasteiger partial charge in [-0.15, -0.1) is 0 Å². The molecule has 2 heterocycles. The van der Waals surface area contributed by atoms with Crippen LogP contribution in [0.2, 0.25) is 0 Å². The fourth-order valence-electron chi connectivity index (χ4n) is 5.33. The molecule has 0 unspecified atom stereocenters. The Kier molecular flexibility index (Phi) is 5.46. The zero-order valence-corrected chi connectivity index (χ0v) is 17.9. The highest BCUT2D eigenvalue weighted by Gasteiger charge is 2.47. The molecule has 1 aromatic heterocycles. The van der Waals surface area contributed by atoms with Crippen LogP contribution in [0.15, 0.2) is 12.3 Å². The predicted octanol–water partition coefficient (Wildman–Crippen LogP) is 3.92. The van der Waals surface area contributed by atoms with Crippen LogP contribution >= 0.6 is 0 Å². The molecule has 6 nitrogen and oxygen atoms in total. The van der Waals surface area contributed by atoms with Gasteiger partial charge in [-0.25, -0.2) is 13.6 Å². The molecule has 8 heteroatoms. The van der Waals surface area contributed by atoms with Gasteiger partial charge < -0.3 is 10.0 Å². The fraction of sp³-hybridized carbons (Fsp3) is 0.636. The zero-order valence-electron chi connectivity index (χ0n) is 17.9. The average Bonchev–Trinajstić information content (AvgIpc) is 3.07. The summed E-state index contributed by atoms with van der Waals surface area (Å²) in [6, 6.07) is 2.22. The van der Waals surface area contributed by atoms with E-state index in [9.17, 15) is 18.7 Å². The number of carboxylic acids is 1. The monoisotopic (exact) mass is 420 g/mol. The van der Waals surface area contributed by atoms with Gasteiger partial charge in [0, 0.05) is 31.1 Å². The van der Waals surface area contributed by atoms with Gasteiger partial charge in [0.2, 0.25) is 0 Å². The van der Waals surface area contributed by atoms with E-state index in [2.05, 4.69) is 16.9 Å². The maximum atomic E-state index is 13.3. The topological polar surface area (TPSA) is 61.6 Å². The smallest absolute Gasteiger partial charge is 0.336 e. The van der Waals surface area contributed by atoms with Gasteiger partial charge in [0.1, 0.15) is 0 Å². The highest BCUT2D eigenvalue weighted by molar-refractivity contribution is 6.02. The van der Waals surface area contributed by atoms with E-state index in [0.717, 1.165) is 54.4 Å². The zero-order chi connectivity index (χ0) is 21.6. The van der Waals surface area contributed by atoms with Crippen molar-refractivity contribution in [2.75, 3.05) is 24.5 Å². The van der Waals surface area contributed by atoms with E-state index < -0.39 is 11.9 Å². The number of aromatic nitrogens is 2. The number of hydrogen-bond donors (Lipinski definition) is 1. The van der Waals surface area contributed by atoms with Crippen molar-refractivity contribution in [2.24, 2.45) is 7.05 Å². The van der Waals surface area contributed by atoms with Crippen LogP contribution in [-0.2, 0) is 13.5 Å². The van der Waals surface area contributed by atoms with Crippen LogP contribution in [-0.4, -0.2) is 63.4 Å². The second kappa shape index (κ2) is 7.80.